The minimum atomic E-state index is -0.0443. The van der Waals surface area contributed by atoms with E-state index in [4.69, 9.17) is 25.5 Å². The number of rotatable bonds is 13. The van der Waals surface area contributed by atoms with E-state index in [-0.39, 0.29) is 25.7 Å². The Kier molecular flexibility index (Phi) is 23.3. The average Bonchev–Trinajstić information content (AvgIpc) is 2.48. The topological polar surface area (TPSA) is 101 Å². The summed E-state index contributed by atoms with van der Waals surface area (Å²) in [6.07, 6.45) is 9.25. The first-order valence-corrected chi connectivity index (χ1v) is 7.81. The molecule has 0 heterocycles. The molecule has 0 radical (unpaired) electrons. The van der Waals surface area contributed by atoms with Crippen molar-refractivity contribution in [1.82, 2.24) is 0 Å². The first kappa shape index (κ1) is 22.1. The van der Waals surface area contributed by atoms with Crippen molar-refractivity contribution in [2.24, 2.45) is 5.92 Å². The highest BCUT2D eigenvalue weighted by atomic mass is 16.3. The quantitative estimate of drug-likeness (QED) is 0.327. The molecule has 0 aromatic carbocycles. The van der Waals surface area contributed by atoms with E-state index in [1.165, 1.54) is 19.3 Å². The zero-order valence-corrected chi connectivity index (χ0v) is 12.7. The summed E-state index contributed by atoms with van der Waals surface area (Å²) in [5.41, 5.74) is 0. The molecule has 0 saturated heterocycles. The van der Waals surface area contributed by atoms with Crippen LogP contribution in [0.1, 0.15) is 57.8 Å². The van der Waals surface area contributed by atoms with E-state index < -0.39 is 0 Å². The van der Waals surface area contributed by atoms with Crippen LogP contribution in [0.15, 0.2) is 0 Å². The van der Waals surface area contributed by atoms with Crippen LogP contribution in [0.25, 0.3) is 0 Å². The Morgan fingerprint density at radius 1 is 0.450 bits per heavy atom. The Labute approximate surface area is 123 Å². The normalized spacial score (nSPS) is 10.5. The van der Waals surface area contributed by atoms with Crippen molar-refractivity contribution in [2.75, 3.05) is 33.0 Å². The van der Waals surface area contributed by atoms with E-state index in [2.05, 4.69) is 0 Å². The highest BCUT2D eigenvalue weighted by molar-refractivity contribution is 4.54. The van der Waals surface area contributed by atoms with Crippen molar-refractivity contribution in [3.63, 3.8) is 0 Å². The molecule has 0 aromatic heterocycles. The molecule has 0 spiro atoms. The molecule has 20 heavy (non-hydrogen) atoms. The molecular weight excluding hydrogens is 260 g/mol. The van der Waals surface area contributed by atoms with Gasteiger partial charge in [0.15, 0.2) is 0 Å². The first-order chi connectivity index (χ1) is 9.76. The van der Waals surface area contributed by atoms with Gasteiger partial charge in [-0.05, 0) is 25.7 Å². The van der Waals surface area contributed by atoms with E-state index in [1.54, 1.807) is 0 Å². The van der Waals surface area contributed by atoms with E-state index in [0.29, 0.717) is 26.1 Å². The van der Waals surface area contributed by atoms with Crippen LogP contribution >= 0.6 is 0 Å². The first-order valence-electron chi connectivity index (χ1n) is 7.81. The van der Waals surface area contributed by atoms with Gasteiger partial charge in [0.05, 0.1) is 0 Å². The SMILES string of the molecule is OCCCC(CO)CO.OCCCCCCCCCO. The van der Waals surface area contributed by atoms with Gasteiger partial charge in [0.2, 0.25) is 0 Å². The summed E-state index contributed by atoms with van der Waals surface area (Å²) in [4.78, 5) is 0. The molecule has 0 aromatic rings. The molecule has 0 saturated carbocycles. The zero-order chi connectivity index (χ0) is 15.5. The molecule has 0 rings (SSSR count). The van der Waals surface area contributed by atoms with Crippen molar-refractivity contribution < 1.29 is 25.5 Å². The standard InChI is InChI=1S/C9H20O2.C6H14O3/c10-8-6-4-2-1-3-5-7-9-11;7-3-1-2-6(4-8)5-9/h10-11H,1-9H2;6-9H,1-5H2. The van der Waals surface area contributed by atoms with Crippen LogP contribution in [0.2, 0.25) is 0 Å². The van der Waals surface area contributed by atoms with Crippen molar-refractivity contribution in [3.05, 3.63) is 0 Å². The van der Waals surface area contributed by atoms with Crippen LogP contribution in [0, 0.1) is 5.92 Å². The summed E-state index contributed by atoms with van der Waals surface area (Å²) in [6, 6.07) is 0. The van der Waals surface area contributed by atoms with Crippen LogP contribution in [-0.2, 0) is 0 Å². The third-order valence-electron chi connectivity index (χ3n) is 3.10. The minimum Gasteiger partial charge on any atom is -0.396 e. The van der Waals surface area contributed by atoms with Gasteiger partial charge in [0, 0.05) is 39.0 Å². The largest absolute Gasteiger partial charge is 0.396 e. The van der Waals surface area contributed by atoms with E-state index in [9.17, 15) is 0 Å². The Morgan fingerprint density at radius 3 is 1.10 bits per heavy atom. The van der Waals surface area contributed by atoms with E-state index in [0.717, 1.165) is 25.7 Å². The van der Waals surface area contributed by atoms with Crippen LogP contribution in [0.4, 0.5) is 0 Å². The van der Waals surface area contributed by atoms with Crippen LogP contribution < -0.4 is 0 Å². The summed E-state index contributed by atoms with van der Waals surface area (Å²) in [5.74, 6) is -0.0443. The summed E-state index contributed by atoms with van der Waals surface area (Å²) >= 11 is 0. The summed E-state index contributed by atoms with van der Waals surface area (Å²) in [5, 5.41) is 42.3. The molecular formula is C15H34O5. The van der Waals surface area contributed by atoms with Crippen molar-refractivity contribution in [1.29, 1.82) is 0 Å². The fraction of sp³-hybridized carbons (Fsp3) is 1.00. The molecule has 0 aliphatic rings. The second-order valence-corrected chi connectivity index (χ2v) is 5.02. The highest BCUT2D eigenvalue weighted by Crippen LogP contribution is 2.06. The molecule has 0 fully saturated rings. The van der Waals surface area contributed by atoms with Crippen molar-refractivity contribution in [3.8, 4) is 0 Å². The zero-order valence-electron chi connectivity index (χ0n) is 12.7. The second-order valence-electron chi connectivity index (χ2n) is 5.02. The van der Waals surface area contributed by atoms with Gasteiger partial charge in [-0.2, -0.15) is 0 Å². The molecule has 5 N–H and O–H groups in total. The lowest BCUT2D eigenvalue weighted by molar-refractivity contribution is 0.136. The minimum absolute atomic E-state index is 0.0104. The number of aliphatic hydroxyl groups excluding tert-OH is 5. The molecule has 5 heteroatoms. The lowest BCUT2D eigenvalue weighted by atomic mass is 10.1. The number of unbranched alkanes of at least 4 members (excludes halogenated alkanes) is 6. The van der Waals surface area contributed by atoms with Gasteiger partial charge in [0.1, 0.15) is 0 Å². The van der Waals surface area contributed by atoms with E-state index >= 15 is 0 Å². The summed E-state index contributed by atoms with van der Waals surface area (Å²) in [6.45, 7) is 0.816. The monoisotopic (exact) mass is 294 g/mol. The lowest BCUT2D eigenvalue weighted by Gasteiger charge is -2.07. The fourth-order valence-corrected chi connectivity index (χ4v) is 1.73. The van der Waals surface area contributed by atoms with E-state index in [1.807, 2.05) is 0 Å². The Hall–Kier alpha value is -0.200. The molecule has 5 nitrogen and oxygen atoms in total. The van der Waals surface area contributed by atoms with Gasteiger partial charge in [-0.25, -0.2) is 0 Å². The maximum Gasteiger partial charge on any atom is 0.0481 e. The Bertz CT molecular complexity index is 143. The third-order valence-corrected chi connectivity index (χ3v) is 3.10. The molecule has 0 unspecified atom stereocenters. The van der Waals surface area contributed by atoms with Crippen molar-refractivity contribution >= 4 is 0 Å². The van der Waals surface area contributed by atoms with Gasteiger partial charge in [-0.1, -0.05) is 32.1 Å². The van der Waals surface area contributed by atoms with Crippen molar-refractivity contribution in [2.45, 2.75) is 57.8 Å². The number of hydrogen-bond donors (Lipinski definition) is 5. The van der Waals surface area contributed by atoms with Gasteiger partial charge in [-0.15, -0.1) is 0 Å². The second kappa shape index (κ2) is 21.1. The highest BCUT2D eigenvalue weighted by Gasteiger charge is 2.03. The predicted molar refractivity (Wildman–Crippen MR) is 80.5 cm³/mol. The van der Waals surface area contributed by atoms with Gasteiger partial charge >= 0.3 is 0 Å². The average molecular weight is 294 g/mol. The third kappa shape index (κ3) is 20.1. The molecule has 0 amide bonds. The molecule has 124 valence electrons. The Balaban J connectivity index is 0. The van der Waals surface area contributed by atoms with Crippen LogP contribution in [0.5, 0.6) is 0 Å². The Morgan fingerprint density at radius 2 is 0.800 bits per heavy atom. The van der Waals surface area contributed by atoms with Crippen LogP contribution in [-0.4, -0.2) is 58.6 Å². The smallest absolute Gasteiger partial charge is 0.0481 e. The molecule has 0 aliphatic heterocycles. The molecule has 0 atom stereocenters. The maximum atomic E-state index is 8.51. The maximum absolute atomic E-state index is 8.51. The number of hydrogen-bond acceptors (Lipinski definition) is 5. The summed E-state index contributed by atoms with van der Waals surface area (Å²) in [7, 11) is 0. The molecule has 0 bridgehead atoms. The van der Waals surface area contributed by atoms with Crippen LogP contribution in [0.3, 0.4) is 0 Å². The number of aliphatic hydroxyl groups is 5. The fourth-order valence-electron chi connectivity index (χ4n) is 1.73. The van der Waals surface area contributed by atoms with Gasteiger partial charge < -0.3 is 25.5 Å². The van der Waals surface area contributed by atoms with Gasteiger partial charge in [-0.3, -0.25) is 0 Å². The summed E-state index contributed by atoms with van der Waals surface area (Å²) < 4.78 is 0. The van der Waals surface area contributed by atoms with Gasteiger partial charge in [0.25, 0.3) is 0 Å². The molecule has 0 aliphatic carbocycles. The lowest BCUT2D eigenvalue weighted by Crippen LogP contribution is -2.11. The predicted octanol–water partition coefficient (Wildman–Crippen LogP) is 1.06.